The number of hydrogen-bond acceptors (Lipinski definition) is 6. The van der Waals surface area contributed by atoms with Crippen LogP contribution in [-0.4, -0.2) is 83.1 Å². The molecule has 0 unspecified atom stereocenters. The Labute approximate surface area is 269 Å². The van der Waals surface area contributed by atoms with E-state index in [0.29, 0.717) is 62.2 Å². The average molecular weight is 662 g/mol. The Morgan fingerprint density at radius 2 is 1.89 bits per heavy atom. The number of alkyl halides is 2. The lowest BCUT2D eigenvalue weighted by molar-refractivity contribution is -0.128. The van der Waals surface area contributed by atoms with Crippen molar-refractivity contribution in [3.8, 4) is 16.9 Å². The second kappa shape index (κ2) is 12.9. The Bertz CT molecular complexity index is 1730. The molecule has 2 saturated heterocycles. The first-order valence-electron chi connectivity index (χ1n) is 15.5. The Kier molecular flexibility index (Phi) is 9.04. The van der Waals surface area contributed by atoms with Crippen LogP contribution in [0.1, 0.15) is 39.2 Å². The maximum atomic E-state index is 15.2. The van der Waals surface area contributed by atoms with Crippen LogP contribution in [0.25, 0.3) is 22.0 Å². The molecule has 3 aromatic rings. The van der Waals surface area contributed by atoms with Crippen molar-refractivity contribution in [3.63, 3.8) is 0 Å². The molecule has 8 nitrogen and oxygen atoms in total. The van der Waals surface area contributed by atoms with Gasteiger partial charge in [-0.15, -0.1) is 0 Å². The number of carbonyl (C=O) groups is 1. The van der Waals surface area contributed by atoms with Gasteiger partial charge in [0.1, 0.15) is 24.1 Å². The molecule has 2 fully saturated rings. The summed E-state index contributed by atoms with van der Waals surface area (Å²) < 4.78 is 62.9. The summed E-state index contributed by atoms with van der Waals surface area (Å²) in [6, 6.07) is 3.99. The highest BCUT2D eigenvalue weighted by atomic mass is 35.5. The summed E-state index contributed by atoms with van der Waals surface area (Å²) in [4.78, 5) is 36.6. The second-order valence-corrected chi connectivity index (χ2v) is 13.0. The molecule has 4 heterocycles. The third kappa shape index (κ3) is 5.97. The molecular formula is C33H36ClF4N5O3. The fourth-order valence-electron chi connectivity index (χ4n) is 7.23. The minimum Gasteiger partial charge on any atom is -0.488 e. The molecule has 3 aliphatic rings. The predicted octanol–water partition coefficient (Wildman–Crippen LogP) is 5.91. The number of nitrogens with zero attached hydrogens (tertiary/aromatic N) is 5. The lowest BCUT2D eigenvalue weighted by Crippen LogP contribution is -2.58. The Balaban J connectivity index is 1.46. The van der Waals surface area contributed by atoms with Gasteiger partial charge in [-0.05, 0) is 76.4 Å². The van der Waals surface area contributed by atoms with Crippen LogP contribution in [0.2, 0.25) is 5.02 Å². The van der Waals surface area contributed by atoms with Crippen LogP contribution >= 0.6 is 11.6 Å². The number of amides is 1. The largest absolute Gasteiger partial charge is 0.488 e. The van der Waals surface area contributed by atoms with Gasteiger partial charge in [-0.25, -0.2) is 22.4 Å². The van der Waals surface area contributed by atoms with E-state index < -0.39 is 29.8 Å². The smallest absolute Gasteiger partial charge is 0.350 e. The molecule has 46 heavy (non-hydrogen) atoms. The monoisotopic (exact) mass is 661 g/mol. The number of halogens is 5. The summed E-state index contributed by atoms with van der Waals surface area (Å²) in [6.07, 6.45) is 0.864. The molecule has 0 saturated carbocycles. The number of anilines is 1. The quantitative estimate of drug-likeness (QED) is 0.232. The van der Waals surface area contributed by atoms with E-state index >= 15 is 4.39 Å². The summed E-state index contributed by atoms with van der Waals surface area (Å²) in [7, 11) is 0. The van der Waals surface area contributed by atoms with Gasteiger partial charge < -0.3 is 14.5 Å². The Morgan fingerprint density at radius 3 is 2.57 bits per heavy atom. The molecule has 0 radical (unpaired) electrons. The number of aromatic nitrogens is 2. The number of rotatable bonds is 7. The van der Waals surface area contributed by atoms with Crippen molar-refractivity contribution in [3.05, 3.63) is 64.1 Å². The first-order chi connectivity index (χ1) is 22.0. The van der Waals surface area contributed by atoms with Crippen LogP contribution in [0, 0.1) is 17.6 Å². The highest BCUT2D eigenvalue weighted by Gasteiger charge is 2.37. The topological polar surface area (TPSA) is 70.9 Å². The zero-order valence-electron chi connectivity index (χ0n) is 25.7. The van der Waals surface area contributed by atoms with Gasteiger partial charge in [-0.3, -0.25) is 14.3 Å². The van der Waals surface area contributed by atoms with Crippen molar-refractivity contribution in [2.45, 2.75) is 57.7 Å². The fourth-order valence-corrected chi connectivity index (χ4v) is 7.52. The van der Waals surface area contributed by atoms with Crippen LogP contribution in [0.4, 0.5) is 23.4 Å². The number of piperazine rings is 1. The maximum Gasteiger partial charge on any atom is 0.350 e. The molecule has 2 aromatic carbocycles. The van der Waals surface area contributed by atoms with Gasteiger partial charge in [0, 0.05) is 47.8 Å². The van der Waals surface area contributed by atoms with Crippen molar-refractivity contribution in [1.29, 1.82) is 0 Å². The normalized spacial score (nSPS) is 22.4. The van der Waals surface area contributed by atoms with E-state index in [9.17, 15) is 22.8 Å². The molecule has 1 amide bonds. The number of likely N-dealkylation sites (tertiary alicyclic amines) is 1. The molecule has 0 N–H and O–H groups in total. The molecule has 6 rings (SSSR count). The summed E-state index contributed by atoms with van der Waals surface area (Å²) in [6.45, 7) is 9.13. The predicted molar refractivity (Wildman–Crippen MR) is 169 cm³/mol. The SMILES string of the molecule is C=CC(=O)N1C[C@H](C)N(c2nc(=O)n3c4c(c(-c5ccc(F)cc5F)c(Cl)cc24)OC[C@H]3CC2CCN(CC(F)F)CC2)C[C@H]1C. The van der Waals surface area contributed by atoms with Gasteiger partial charge in [-0.1, -0.05) is 18.2 Å². The number of piperidine rings is 1. The number of carbonyl (C=O) groups excluding carboxylic acids is 1. The molecule has 3 aliphatic heterocycles. The van der Waals surface area contributed by atoms with Gasteiger partial charge in [0.25, 0.3) is 6.43 Å². The van der Waals surface area contributed by atoms with Crippen LogP contribution in [0.3, 0.4) is 0 Å². The lowest BCUT2D eigenvalue weighted by Gasteiger charge is -2.45. The molecule has 1 aromatic heterocycles. The van der Waals surface area contributed by atoms with E-state index in [4.69, 9.17) is 16.3 Å². The van der Waals surface area contributed by atoms with Crippen molar-refractivity contribution in [1.82, 2.24) is 19.4 Å². The Morgan fingerprint density at radius 1 is 1.15 bits per heavy atom. The molecule has 13 heteroatoms. The van der Waals surface area contributed by atoms with Crippen molar-refractivity contribution in [2.75, 3.05) is 44.2 Å². The minimum atomic E-state index is -2.39. The van der Waals surface area contributed by atoms with Crippen LogP contribution in [0.15, 0.2) is 41.7 Å². The highest BCUT2D eigenvalue weighted by molar-refractivity contribution is 6.35. The van der Waals surface area contributed by atoms with E-state index in [1.807, 2.05) is 18.7 Å². The molecule has 0 bridgehead atoms. The summed E-state index contributed by atoms with van der Waals surface area (Å²) in [5.74, 6) is -1.00. The van der Waals surface area contributed by atoms with Gasteiger partial charge in [0.2, 0.25) is 5.91 Å². The molecule has 0 spiro atoms. The first-order valence-corrected chi connectivity index (χ1v) is 15.9. The van der Waals surface area contributed by atoms with Gasteiger partial charge >= 0.3 is 5.69 Å². The number of ether oxygens (including phenoxy) is 1. The van der Waals surface area contributed by atoms with E-state index in [2.05, 4.69) is 11.6 Å². The third-order valence-corrected chi connectivity index (χ3v) is 9.80. The third-order valence-electron chi connectivity index (χ3n) is 9.51. The zero-order valence-corrected chi connectivity index (χ0v) is 26.5. The van der Waals surface area contributed by atoms with Crippen molar-refractivity contribution < 1.29 is 27.1 Å². The van der Waals surface area contributed by atoms with E-state index in [1.165, 1.54) is 12.1 Å². The van der Waals surface area contributed by atoms with Crippen molar-refractivity contribution in [2.24, 2.45) is 5.92 Å². The van der Waals surface area contributed by atoms with Gasteiger partial charge in [0.15, 0.2) is 5.75 Å². The highest BCUT2D eigenvalue weighted by Crippen LogP contribution is 2.48. The molecule has 3 atom stereocenters. The summed E-state index contributed by atoms with van der Waals surface area (Å²) in [5.41, 5.74) is 0.140. The number of hydrogen-bond donors (Lipinski definition) is 0. The first kappa shape index (κ1) is 32.3. The minimum absolute atomic E-state index is 0.0315. The molecule has 0 aliphatic carbocycles. The number of benzene rings is 2. The second-order valence-electron chi connectivity index (χ2n) is 12.6. The lowest BCUT2D eigenvalue weighted by atomic mass is 9.89. The molecular weight excluding hydrogens is 626 g/mol. The van der Waals surface area contributed by atoms with E-state index in [1.54, 1.807) is 20.4 Å². The average Bonchev–Trinajstić information content (AvgIpc) is 3.01. The van der Waals surface area contributed by atoms with E-state index in [-0.39, 0.29) is 59.0 Å². The van der Waals surface area contributed by atoms with Crippen LogP contribution in [-0.2, 0) is 4.79 Å². The van der Waals surface area contributed by atoms with Gasteiger partial charge in [0.05, 0.1) is 23.1 Å². The van der Waals surface area contributed by atoms with Crippen LogP contribution < -0.4 is 15.3 Å². The van der Waals surface area contributed by atoms with E-state index in [0.717, 1.165) is 12.1 Å². The zero-order chi connectivity index (χ0) is 32.9. The fraction of sp³-hybridized carbons (Fsp3) is 0.485. The summed E-state index contributed by atoms with van der Waals surface area (Å²) in [5, 5.41) is 0.678. The van der Waals surface area contributed by atoms with Crippen LogP contribution in [0.5, 0.6) is 5.75 Å². The molecule has 246 valence electrons. The standard InChI is InChI=1S/C33H36ClF4N5O3/c1-4-28(44)41-14-19(3)42(15-18(41)2)32-24-13-25(34)29(23-6-5-21(35)12-26(23)36)31-30(24)43(33(45)39-32)22(17-46-31)11-20-7-9-40(10-8-20)16-27(37)38/h4-6,12-13,18-20,22,27H,1,7-11,14-17H2,2-3H3/t18-,19+,22-/m1/s1. The Hall–Kier alpha value is -3.64. The maximum absolute atomic E-state index is 15.2. The van der Waals surface area contributed by atoms with Crippen molar-refractivity contribution >= 4 is 34.2 Å². The van der Waals surface area contributed by atoms with Gasteiger partial charge in [-0.2, -0.15) is 4.98 Å². The summed E-state index contributed by atoms with van der Waals surface area (Å²) >= 11 is 6.85.